The highest BCUT2D eigenvalue weighted by Gasteiger charge is 2.39. The molecule has 2 aromatic carbocycles. The van der Waals surface area contributed by atoms with E-state index in [1.54, 1.807) is 45.0 Å². The van der Waals surface area contributed by atoms with E-state index in [0.29, 0.717) is 42.1 Å². The van der Waals surface area contributed by atoms with Crippen molar-refractivity contribution in [1.82, 2.24) is 4.90 Å². The minimum atomic E-state index is -4.96. The molecule has 0 aromatic heterocycles. The Kier molecular flexibility index (Phi) is 8.20. The van der Waals surface area contributed by atoms with Crippen molar-refractivity contribution >= 4 is 17.7 Å². The monoisotopic (exact) mass is 537 g/mol. The van der Waals surface area contributed by atoms with Crippen LogP contribution in [0, 0.1) is 0 Å². The van der Waals surface area contributed by atoms with Crippen LogP contribution < -0.4 is 0 Å². The standard InChI is InChI=1S/C25H26ClF6NO3/c1-23(2,3)36-22(34)33-10-4-5-20(21(33)16-6-8-19(26)9-7-16)35-14-15-11-17(24(27,28)29)13-18(12-15)25(30,31)32/h6-9,11-13,20-21H,4-5,10,14H2,1-3H3. The molecule has 1 aliphatic rings. The predicted octanol–water partition coefficient (Wildman–Crippen LogP) is 8.04. The van der Waals surface area contributed by atoms with Crippen molar-refractivity contribution in [2.45, 2.75) is 70.3 Å². The van der Waals surface area contributed by atoms with E-state index in [2.05, 4.69) is 0 Å². The zero-order valence-corrected chi connectivity index (χ0v) is 20.6. The molecule has 2 aromatic rings. The second-order valence-corrected chi connectivity index (χ2v) is 10.0. The smallest absolute Gasteiger partial charge is 0.416 e. The maximum atomic E-state index is 13.2. The number of hydrogen-bond acceptors (Lipinski definition) is 3. The van der Waals surface area contributed by atoms with Gasteiger partial charge in [0.15, 0.2) is 0 Å². The second-order valence-electron chi connectivity index (χ2n) is 9.58. The van der Waals surface area contributed by atoms with Crippen molar-refractivity contribution < 1.29 is 40.6 Å². The first kappa shape index (κ1) is 28.1. The van der Waals surface area contributed by atoms with Gasteiger partial charge in [-0.1, -0.05) is 23.7 Å². The molecule has 2 unspecified atom stereocenters. The molecule has 2 atom stereocenters. The highest BCUT2D eigenvalue weighted by atomic mass is 35.5. The summed E-state index contributed by atoms with van der Waals surface area (Å²) in [4.78, 5) is 14.4. The largest absolute Gasteiger partial charge is 0.444 e. The first-order valence-electron chi connectivity index (χ1n) is 11.2. The van der Waals surface area contributed by atoms with E-state index in [-0.39, 0.29) is 11.6 Å². The van der Waals surface area contributed by atoms with Crippen LogP contribution in [0.3, 0.4) is 0 Å². The molecule has 0 saturated carbocycles. The summed E-state index contributed by atoms with van der Waals surface area (Å²) >= 11 is 6.00. The van der Waals surface area contributed by atoms with Gasteiger partial charge in [0.1, 0.15) is 5.60 Å². The number of halogens is 7. The molecule has 1 fully saturated rings. The number of ether oxygens (including phenoxy) is 2. The molecule has 3 rings (SSSR count). The van der Waals surface area contributed by atoms with Crippen molar-refractivity contribution in [3.8, 4) is 0 Å². The summed E-state index contributed by atoms with van der Waals surface area (Å²) < 4.78 is 90.9. The van der Waals surface area contributed by atoms with E-state index in [4.69, 9.17) is 21.1 Å². The summed E-state index contributed by atoms with van der Waals surface area (Å²) in [6.07, 6.45) is -10.3. The Morgan fingerprint density at radius 3 is 2.03 bits per heavy atom. The van der Waals surface area contributed by atoms with Crippen molar-refractivity contribution in [3.05, 3.63) is 69.7 Å². The zero-order chi connectivity index (χ0) is 26.9. The van der Waals surface area contributed by atoms with E-state index in [9.17, 15) is 31.1 Å². The Labute approximate surface area is 210 Å². The number of rotatable bonds is 4. The lowest BCUT2D eigenvalue weighted by Crippen LogP contribution is -2.47. The lowest BCUT2D eigenvalue weighted by atomic mass is 9.92. The van der Waals surface area contributed by atoms with Crippen LogP contribution in [0.15, 0.2) is 42.5 Å². The number of carbonyl (C=O) groups excluding carboxylic acids is 1. The van der Waals surface area contributed by atoms with Gasteiger partial charge < -0.3 is 9.47 Å². The number of benzene rings is 2. The number of piperidine rings is 1. The summed E-state index contributed by atoms with van der Waals surface area (Å²) in [7, 11) is 0. The van der Waals surface area contributed by atoms with E-state index in [0.717, 1.165) is 0 Å². The Balaban J connectivity index is 1.92. The summed E-state index contributed by atoms with van der Waals surface area (Å²) in [5, 5.41) is 0.458. The minimum Gasteiger partial charge on any atom is -0.444 e. The van der Waals surface area contributed by atoms with Crippen LogP contribution in [-0.4, -0.2) is 29.2 Å². The molecule has 0 N–H and O–H groups in total. The molecule has 11 heteroatoms. The molecule has 1 amide bonds. The Morgan fingerprint density at radius 1 is 0.972 bits per heavy atom. The van der Waals surface area contributed by atoms with E-state index in [1.165, 1.54) is 4.90 Å². The Hall–Kier alpha value is -2.46. The lowest BCUT2D eigenvalue weighted by molar-refractivity contribution is -0.143. The second kappa shape index (κ2) is 10.5. The molecular weight excluding hydrogens is 512 g/mol. The van der Waals surface area contributed by atoms with Crippen LogP contribution in [0.5, 0.6) is 0 Å². The Bertz CT molecular complexity index is 1030. The van der Waals surface area contributed by atoms with Crippen LogP contribution in [0.25, 0.3) is 0 Å². The molecule has 198 valence electrons. The highest BCUT2D eigenvalue weighted by Crippen LogP contribution is 2.38. The highest BCUT2D eigenvalue weighted by molar-refractivity contribution is 6.30. The van der Waals surface area contributed by atoms with Gasteiger partial charge in [-0.15, -0.1) is 0 Å². The SMILES string of the molecule is CC(C)(C)OC(=O)N1CCCC(OCc2cc(C(F)(F)F)cc(C(F)(F)F)c2)C1c1ccc(Cl)cc1. The van der Waals surface area contributed by atoms with Gasteiger partial charge in [0.2, 0.25) is 0 Å². The van der Waals surface area contributed by atoms with Crippen molar-refractivity contribution in [2.24, 2.45) is 0 Å². The maximum Gasteiger partial charge on any atom is 0.416 e. The number of amides is 1. The molecule has 1 saturated heterocycles. The van der Waals surface area contributed by atoms with Crippen molar-refractivity contribution in [2.75, 3.05) is 6.54 Å². The third kappa shape index (κ3) is 7.29. The molecular formula is C25H26ClF6NO3. The normalized spacial score (nSPS) is 19.3. The third-order valence-electron chi connectivity index (χ3n) is 5.53. The first-order chi connectivity index (χ1) is 16.5. The number of likely N-dealkylation sites (tertiary alicyclic amines) is 1. The van der Waals surface area contributed by atoms with Crippen LogP contribution in [-0.2, 0) is 28.4 Å². The molecule has 0 radical (unpaired) electrons. The van der Waals surface area contributed by atoms with E-state index >= 15 is 0 Å². The van der Waals surface area contributed by atoms with E-state index in [1.807, 2.05) is 0 Å². The van der Waals surface area contributed by atoms with Gasteiger partial charge in [-0.05, 0) is 75.1 Å². The van der Waals surface area contributed by atoms with Crippen molar-refractivity contribution in [1.29, 1.82) is 0 Å². The van der Waals surface area contributed by atoms with Gasteiger partial charge in [0.05, 0.1) is 29.9 Å². The van der Waals surface area contributed by atoms with Crippen LogP contribution >= 0.6 is 11.6 Å². The number of alkyl halides is 6. The number of carbonyl (C=O) groups is 1. The molecule has 0 aliphatic carbocycles. The van der Waals surface area contributed by atoms with Crippen LogP contribution in [0.2, 0.25) is 5.02 Å². The molecule has 4 nitrogen and oxygen atoms in total. The molecule has 36 heavy (non-hydrogen) atoms. The quantitative estimate of drug-likeness (QED) is 0.371. The van der Waals surface area contributed by atoms with Gasteiger partial charge in [0, 0.05) is 11.6 Å². The van der Waals surface area contributed by atoms with Gasteiger partial charge >= 0.3 is 18.4 Å². The maximum absolute atomic E-state index is 13.2. The molecule has 1 heterocycles. The van der Waals surface area contributed by atoms with Crippen molar-refractivity contribution in [3.63, 3.8) is 0 Å². The Morgan fingerprint density at radius 2 is 1.53 bits per heavy atom. The molecule has 1 aliphatic heterocycles. The average molecular weight is 538 g/mol. The van der Waals surface area contributed by atoms with Crippen LogP contribution in [0.4, 0.5) is 31.1 Å². The van der Waals surface area contributed by atoms with Gasteiger partial charge in [-0.3, -0.25) is 4.90 Å². The fourth-order valence-electron chi connectivity index (χ4n) is 4.02. The minimum absolute atomic E-state index is 0.0743. The molecule has 0 spiro atoms. The van der Waals surface area contributed by atoms with Crippen LogP contribution in [0.1, 0.15) is 61.9 Å². The van der Waals surface area contributed by atoms with Gasteiger partial charge in [0.25, 0.3) is 0 Å². The summed E-state index contributed by atoms with van der Waals surface area (Å²) in [5.41, 5.74) is -3.23. The first-order valence-corrected chi connectivity index (χ1v) is 11.6. The van der Waals surface area contributed by atoms with E-state index < -0.39 is 53.9 Å². The summed E-state index contributed by atoms with van der Waals surface area (Å²) in [5.74, 6) is 0. The van der Waals surface area contributed by atoms with Gasteiger partial charge in [-0.25, -0.2) is 4.79 Å². The average Bonchev–Trinajstić information content (AvgIpc) is 2.75. The summed E-state index contributed by atoms with van der Waals surface area (Å²) in [6, 6.07) is 7.30. The fraction of sp³-hybridized carbons (Fsp3) is 0.480. The molecule has 0 bridgehead atoms. The third-order valence-corrected chi connectivity index (χ3v) is 5.78. The van der Waals surface area contributed by atoms with Gasteiger partial charge in [-0.2, -0.15) is 26.3 Å². The zero-order valence-electron chi connectivity index (χ0n) is 19.8. The summed E-state index contributed by atoms with van der Waals surface area (Å²) in [6.45, 7) is 4.97. The number of hydrogen-bond donors (Lipinski definition) is 0. The topological polar surface area (TPSA) is 38.8 Å². The number of nitrogens with zero attached hydrogens (tertiary/aromatic N) is 1. The fourth-order valence-corrected chi connectivity index (χ4v) is 4.15. The predicted molar refractivity (Wildman–Crippen MR) is 121 cm³/mol. The lowest BCUT2D eigenvalue weighted by Gasteiger charge is -2.41.